The van der Waals surface area contributed by atoms with Crippen molar-refractivity contribution in [2.45, 2.75) is 6.92 Å². The minimum atomic E-state index is -0.510. The Balaban J connectivity index is 2.12. The van der Waals surface area contributed by atoms with Crippen molar-refractivity contribution in [2.24, 2.45) is 16.5 Å². The first-order chi connectivity index (χ1) is 13.8. The first kappa shape index (κ1) is 19.7. The Morgan fingerprint density at radius 2 is 1.34 bits per heavy atom. The number of nitrogens with two attached hydrogens (primary N) is 2. The van der Waals surface area contributed by atoms with Crippen LogP contribution in [0.15, 0.2) is 77.3 Å². The predicted molar refractivity (Wildman–Crippen MR) is 115 cm³/mol. The minimum Gasteiger partial charge on any atom is -0.508 e. The molecule has 0 atom stereocenters. The Morgan fingerprint density at radius 3 is 1.90 bits per heavy atom. The van der Waals surface area contributed by atoms with Crippen molar-refractivity contribution in [3.8, 4) is 33.8 Å². The summed E-state index contributed by atoms with van der Waals surface area (Å²) in [6.45, 7) is 1.64. The van der Waals surface area contributed by atoms with Gasteiger partial charge < -0.3 is 21.7 Å². The van der Waals surface area contributed by atoms with Crippen molar-refractivity contribution >= 4 is 17.9 Å². The average molecular weight is 387 g/mol. The van der Waals surface area contributed by atoms with Crippen LogP contribution in [-0.4, -0.2) is 22.1 Å². The third-order valence-electron chi connectivity index (χ3n) is 4.37. The Morgan fingerprint density at radius 1 is 0.828 bits per heavy atom. The molecule has 0 aliphatic rings. The quantitative estimate of drug-likeness (QED) is 0.309. The van der Waals surface area contributed by atoms with Gasteiger partial charge in [-0.1, -0.05) is 36.4 Å². The molecule has 1 amide bonds. The first-order valence-electron chi connectivity index (χ1n) is 8.88. The largest absolute Gasteiger partial charge is 0.508 e. The maximum Gasteiger partial charge on any atom is 0.275 e. The van der Waals surface area contributed by atoms with E-state index in [0.29, 0.717) is 5.57 Å². The van der Waals surface area contributed by atoms with Crippen molar-refractivity contribution in [2.75, 3.05) is 0 Å². The van der Waals surface area contributed by atoms with Gasteiger partial charge >= 0.3 is 0 Å². The standard InChI is InChI=1S/C23H21N3O3/c1-14(22(29)26-23(24)25)12-18-3-2-17(15-4-8-19(27)9-5-15)13-21(18)16-6-10-20(28)11-7-16/h2-13,27-28H,1H3,(H4,24,25,26,29). The van der Waals surface area contributed by atoms with Crippen LogP contribution in [0.25, 0.3) is 28.3 Å². The number of phenols is 2. The second-order valence-corrected chi connectivity index (χ2v) is 6.56. The van der Waals surface area contributed by atoms with Gasteiger partial charge in [0.1, 0.15) is 11.5 Å². The van der Waals surface area contributed by atoms with Crippen LogP contribution in [0.4, 0.5) is 0 Å². The highest BCUT2D eigenvalue weighted by Gasteiger charge is 2.10. The molecule has 0 aromatic heterocycles. The molecule has 0 radical (unpaired) electrons. The number of hydrogen-bond acceptors (Lipinski definition) is 3. The SMILES string of the molecule is CC(=Cc1ccc(-c2ccc(O)cc2)cc1-c1ccc(O)cc1)C(=O)N=C(N)N. The van der Waals surface area contributed by atoms with Gasteiger partial charge in [-0.15, -0.1) is 0 Å². The topological polar surface area (TPSA) is 122 Å². The van der Waals surface area contributed by atoms with E-state index in [4.69, 9.17) is 11.5 Å². The lowest BCUT2D eigenvalue weighted by atomic mass is 9.93. The summed E-state index contributed by atoms with van der Waals surface area (Å²) in [6, 6.07) is 19.5. The second-order valence-electron chi connectivity index (χ2n) is 6.56. The Bertz CT molecular complexity index is 1100. The molecule has 3 aromatic rings. The number of aliphatic imine (C=N–C) groups is 1. The zero-order valence-corrected chi connectivity index (χ0v) is 15.8. The lowest BCUT2D eigenvalue weighted by Gasteiger charge is -2.11. The maximum atomic E-state index is 12.1. The Labute approximate surface area is 168 Å². The lowest BCUT2D eigenvalue weighted by Crippen LogP contribution is -2.24. The number of hydrogen-bond donors (Lipinski definition) is 4. The van der Waals surface area contributed by atoms with E-state index < -0.39 is 5.91 Å². The molecule has 29 heavy (non-hydrogen) atoms. The van der Waals surface area contributed by atoms with Crippen LogP contribution >= 0.6 is 0 Å². The molecule has 0 aliphatic heterocycles. The van der Waals surface area contributed by atoms with E-state index >= 15 is 0 Å². The summed E-state index contributed by atoms with van der Waals surface area (Å²) in [5, 5.41) is 19.1. The molecule has 3 rings (SSSR count). The van der Waals surface area contributed by atoms with Crippen LogP contribution in [0.5, 0.6) is 11.5 Å². The number of rotatable bonds is 4. The molecular weight excluding hydrogens is 366 g/mol. The number of amides is 1. The molecule has 3 aromatic carbocycles. The van der Waals surface area contributed by atoms with Crippen LogP contribution in [0.2, 0.25) is 0 Å². The van der Waals surface area contributed by atoms with Gasteiger partial charge in [-0.05, 0) is 71.1 Å². The highest BCUT2D eigenvalue weighted by atomic mass is 16.3. The molecule has 0 unspecified atom stereocenters. The number of phenolic OH excluding ortho intramolecular Hbond substituents is 2. The molecule has 6 nitrogen and oxygen atoms in total. The third kappa shape index (κ3) is 4.81. The van der Waals surface area contributed by atoms with E-state index in [1.807, 2.05) is 30.3 Å². The van der Waals surface area contributed by atoms with Crippen molar-refractivity contribution in [3.05, 3.63) is 77.9 Å². The summed E-state index contributed by atoms with van der Waals surface area (Å²) in [5.74, 6) is -0.436. The van der Waals surface area contributed by atoms with E-state index in [1.165, 1.54) is 0 Å². The lowest BCUT2D eigenvalue weighted by molar-refractivity contribution is -0.114. The summed E-state index contributed by atoms with van der Waals surface area (Å²) >= 11 is 0. The fourth-order valence-corrected chi connectivity index (χ4v) is 2.91. The first-order valence-corrected chi connectivity index (χ1v) is 8.88. The van der Waals surface area contributed by atoms with Crippen LogP contribution in [-0.2, 0) is 4.79 Å². The Kier molecular flexibility index (Phi) is 5.64. The molecule has 0 saturated carbocycles. The summed E-state index contributed by atoms with van der Waals surface area (Å²) < 4.78 is 0. The van der Waals surface area contributed by atoms with Gasteiger partial charge in [0.25, 0.3) is 5.91 Å². The maximum absolute atomic E-state index is 12.1. The molecule has 146 valence electrons. The van der Waals surface area contributed by atoms with Crippen molar-refractivity contribution < 1.29 is 15.0 Å². The van der Waals surface area contributed by atoms with E-state index in [-0.39, 0.29) is 17.5 Å². The highest BCUT2D eigenvalue weighted by Crippen LogP contribution is 2.32. The molecule has 0 spiro atoms. The van der Waals surface area contributed by atoms with Crippen molar-refractivity contribution in [1.82, 2.24) is 0 Å². The molecule has 6 heteroatoms. The van der Waals surface area contributed by atoms with Crippen molar-refractivity contribution in [1.29, 1.82) is 0 Å². The number of carbonyl (C=O) groups is 1. The van der Waals surface area contributed by atoms with E-state index in [0.717, 1.165) is 27.8 Å². The van der Waals surface area contributed by atoms with Gasteiger partial charge in [0.2, 0.25) is 0 Å². The van der Waals surface area contributed by atoms with Gasteiger partial charge in [0.15, 0.2) is 5.96 Å². The summed E-state index contributed by atoms with van der Waals surface area (Å²) in [4.78, 5) is 15.7. The summed E-state index contributed by atoms with van der Waals surface area (Å²) in [7, 11) is 0. The number of nitrogens with zero attached hydrogens (tertiary/aromatic N) is 1. The van der Waals surface area contributed by atoms with Gasteiger partial charge in [0.05, 0.1) is 0 Å². The molecular formula is C23H21N3O3. The Hall–Kier alpha value is -4.06. The van der Waals surface area contributed by atoms with Gasteiger partial charge in [0, 0.05) is 5.57 Å². The highest BCUT2D eigenvalue weighted by molar-refractivity contribution is 6.04. The van der Waals surface area contributed by atoms with Crippen LogP contribution in [0.1, 0.15) is 12.5 Å². The zero-order chi connectivity index (χ0) is 21.0. The van der Waals surface area contributed by atoms with E-state index in [1.54, 1.807) is 49.4 Å². The summed E-state index contributed by atoms with van der Waals surface area (Å²) in [6.07, 6.45) is 1.72. The van der Waals surface area contributed by atoms with Crippen LogP contribution in [0, 0.1) is 0 Å². The fraction of sp³-hybridized carbons (Fsp3) is 0.0435. The predicted octanol–water partition coefficient (Wildman–Crippen LogP) is 3.64. The molecule has 0 aliphatic carbocycles. The van der Waals surface area contributed by atoms with Crippen LogP contribution < -0.4 is 11.5 Å². The zero-order valence-electron chi connectivity index (χ0n) is 15.8. The second kappa shape index (κ2) is 8.31. The monoisotopic (exact) mass is 387 g/mol. The van der Waals surface area contributed by atoms with E-state index in [9.17, 15) is 15.0 Å². The molecule has 6 N–H and O–H groups in total. The minimum absolute atomic E-state index is 0.166. The fourth-order valence-electron chi connectivity index (χ4n) is 2.91. The number of aromatic hydroxyl groups is 2. The number of carbonyl (C=O) groups excluding carboxylic acids is 1. The van der Waals surface area contributed by atoms with Gasteiger partial charge in [-0.3, -0.25) is 4.79 Å². The molecule has 0 heterocycles. The normalized spacial score (nSPS) is 11.1. The number of guanidine groups is 1. The molecule has 0 saturated heterocycles. The van der Waals surface area contributed by atoms with Gasteiger partial charge in [-0.2, -0.15) is 4.99 Å². The number of benzene rings is 3. The summed E-state index contributed by atoms with van der Waals surface area (Å²) in [5.41, 5.74) is 15.4. The third-order valence-corrected chi connectivity index (χ3v) is 4.37. The van der Waals surface area contributed by atoms with E-state index in [2.05, 4.69) is 4.99 Å². The average Bonchev–Trinajstić information content (AvgIpc) is 2.69. The van der Waals surface area contributed by atoms with Crippen molar-refractivity contribution in [3.63, 3.8) is 0 Å². The molecule has 0 fully saturated rings. The van der Waals surface area contributed by atoms with Crippen LogP contribution in [0.3, 0.4) is 0 Å². The van der Waals surface area contributed by atoms with Gasteiger partial charge in [-0.25, -0.2) is 0 Å². The smallest absolute Gasteiger partial charge is 0.275 e. The molecule has 0 bridgehead atoms.